The second-order valence-electron chi connectivity index (χ2n) is 1.49. The van der Waals surface area contributed by atoms with Crippen molar-refractivity contribution in [1.82, 2.24) is 0 Å². The van der Waals surface area contributed by atoms with Gasteiger partial charge in [0.2, 0.25) is 0 Å². The quantitative estimate of drug-likeness (QED) is 0.388. The molecule has 0 fully saturated rings. The Morgan fingerprint density at radius 2 is 1.67 bits per heavy atom. The molecule has 0 aliphatic heterocycles. The topological polar surface area (TPSA) is 0 Å². The van der Waals surface area contributed by atoms with Gasteiger partial charge in [0.15, 0.2) is 0 Å². The molecule has 0 N–H and O–H groups in total. The molecular formula is C8H5Au. The molecule has 0 amide bonds. The third-order valence-corrected chi connectivity index (χ3v) is 0.918. The summed E-state index contributed by atoms with van der Waals surface area (Å²) < 4.78 is 0. The zero-order valence-corrected chi connectivity index (χ0v) is 6.85. The summed E-state index contributed by atoms with van der Waals surface area (Å²) in [6.07, 6.45) is 6.69. The maximum Gasteiger partial charge on any atom is 1.00 e. The van der Waals surface area contributed by atoms with Gasteiger partial charge in [-0.25, -0.2) is 0 Å². The Labute approximate surface area is 70.8 Å². The average molecular weight is 298 g/mol. The molecule has 0 bridgehead atoms. The minimum atomic E-state index is 0. The fourth-order valence-corrected chi connectivity index (χ4v) is 0.521. The van der Waals surface area contributed by atoms with Gasteiger partial charge in [-0.2, -0.15) is 0 Å². The van der Waals surface area contributed by atoms with E-state index in [2.05, 4.69) is 5.92 Å². The number of benzene rings is 1. The third-order valence-electron chi connectivity index (χ3n) is 0.918. The molecule has 9 heavy (non-hydrogen) atoms. The van der Waals surface area contributed by atoms with E-state index in [0.717, 1.165) is 5.56 Å². The maximum atomic E-state index is 6.69. The predicted molar refractivity (Wildman–Crippen MR) is 32.7 cm³/mol. The Balaban J connectivity index is 0.000000640. The van der Waals surface area contributed by atoms with Gasteiger partial charge in [-0.1, -0.05) is 18.2 Å². The van der Waals surface area contributed by atoms with E-state index in [1.54, 1.807) is 0 Å². The minimum absolute atomic E-state index is 0. The van der Waals surface area contributed by atoms with Crippen LogP contribution >= 0.6 is 0 Å². The Morgan fingerprint density at radius 3 is 2.00 bits per heavy atom. The van der Waals surface area contributed by atoms with Gasteiger partial charge in [0, 0.05) is 0 Å². The van der Waals surface area contributed by atoms with Crippen LogP contribution in [-0.4, -0.2) is 0 Å². The molecule has 0 saturated heterocycles. The Bertz CT molecular complexity index is 196. The van der Waals surface area contributed by atoms with Crippen molar-refractivity contribution in [3.8, 4) is 5.92 Å². The summed E-state index contributed by atoms with van der Waals surface area (Å²) in [4.78, 5) is 0. The van der Waals surface area contributed by atoms with Crippen LogP contribution in [0.25, 0.3) is 0 Å². The first-order valence-corrected chi connectivity index (χ1v) is 2.41. The van der Waals surface area contributed by atoms with E-state index in [-0.39, 0.29) is 22.4 Å². The smallest absolute Gasteiger partial charge is 0.366 e. The zero-order valence-electron chi connectivity index (χ0n) is 4.69. The molecule has 0 nitrogen and oxygen atoms in total. The van der Waals surface area contributed by atoms with Crippen LogP contribution in [0.4, 0.5) is 0 Å². The van der Waals surface area contributed by atoms with Gasteiger partial charge in [0.1, 0.15) is 0 Å². The normalized spacial score (nSPS) is 7.00. The predicted octanol–water partition coefficient (Wildman–Crippen LogP) is 1.62. The fraction of sp³-hybridized carbons (Fsp3) is 0. The molecule has 1 rings (SSSR count). The first-order chi connectivity index (χ1) is 3.93. The van der Waals surface area contributed by atoms with Gasteiger partial charge >= 0.3 is 22.4 Å². The molecule has 0 spiro atoms. The molecule has 1 aromatic rings. The molecule has 0 aliphatic rings. The van der Waals surface area contributed by atoms with E-state index in [1.807, 2.05) is 30.3 Å². The summed E-state index contributed by atoms with van der Waals surface area (Å²) >= 11 is 0. The summed E-state index contributed by atoms with van der Waals surface area (Å²) in [5, 5.41) is 0. The summed E-state index contributed by atoms with van der Waals surface area (Å²) in [5.74, 6) is 2.28. The SMILES string of the molecule is [Au+].[C-]#Cc1ccccc1. The van der Waals surface area contributed by atoms with Crippen molar-refractivity contribution in [2.24, 2.45) is 0 Å². The Morgan fingerprint density at radius 1 is 1.11 bits per heavy atom. The molecule has 0 aromatic heterocycles. The van der Waals surface area contributed by atoms with Crippen LogP contribution in [0.15, 0.2) is 30.3 Å². The van der Waals surface area contributed by atoms with Crippen molar-refractivity contribution < 1.29 is 22.4 Å². The minimum Gasteiger partial charge on any atom is -0.366 e. The van der Waals surface area contributed by atoms with Gasteiger partial charge in [-0.3, -0.25) is 5.92 Å². The van der Waals surface area contributed by atoms with Crippen LogP contribution in [0.2, 0.25) is 0 Å². The standard InChI is InChI=1S/C8H5.Au/c1-2-8-6-4-3-5-7-8;/h3-7H;/q-1;+1. The number of rotatable bonds is 0. The molecule has 1 heteroatoms. The maximum absolute atomic E-state index is 6.69. The van der Waals surface area contributed by atoms with E-state index < -0.39 is 0 Å². The summed E-state index contributed by atoms with van der Waals surface area (Å²) in [5.41, 5.74) is 0.826. The van der Waals surface area contributed by atoms with E-state index in [9.17, 15) is 0 Å². The summed E-state index contributed by atoms with van der Waals surface area (Å²) in [6, 6.07) is 9.37. The van der Waals surface area contributed by atoms with Crippen LogP contribution in [0.3, 0.4) is 0 Å². The second-order valence-corrected chi connectivity index (χ2v) is 1.49. The van der Waals surface area contributed by atoms with E-state index in [4.69, 9.17) is 6.42 Å². The van der Waals surface area contributed by atoms with Gasteiger partial charge in [-0.05, 0) is 0 Å². The Hall–Kier alpha value is -0.480. The molecule has 0 radical (unpaired) electrons. The third kappa shape index (κ3) is 2.53. The number of hydrogen-bond donors (Lipinski definition) is 0. The summed E-state index contributed by atoms with van der Waals surface area (Å²) in [7, 11) is 0. The van der Waals surface area contributed by atoms with Crippen LogP contribution in [0.1, 0.15) is 5.56 Å². The van der Waals surface area contributed by atoms with Crippen molar-refractivity contribution in [2.45, 2.75) is 0 Å². The van der Waals surface area contributed by atoms with E-state index in [0.29, 0.717) is 0 Å². The zero-order chi connectivity index (χ0) is 5.82. The molecule has 0 heterocycles. The molecule has 0 saturated carbocycles. The first kappa shape index (κ1) is 8.52. The fourth-order valence-electron chi connectivity index (χ4n) is 0.521. The molecule has 48 valence electrons. The van der Waals surface area contributed by atoms with E-state index in [1.165, 1.54) is 0 Å². The molecule has 0 atom stereocenters. The van der Waals surface area contributed by atoms with Crippen molar-refractivity contribution in [3.05, 3.63) is 42.3 Å². The van der Waals surface area contributed by atoms with Crippen LogP contribution in [0, 0.1) is 12.3 Å². The first-order valence-electron chi connectivity index (χ1n) is 2.41. The van der Waals surface area contributed by atoms with Crippen molar-refractivity contribution in [3.63, 3.8) is 0 Å². The van der Waals surface area contributed by atoms with E-state index >= 15 is 0 Å². The van der Waals surface area contributed by atoms with Gasteiger partial charge in [0.25, 0.3) is 0 Å². The monoisotopic (exact) mass is 298 g/mol. The molecule has 1 aromatic carbocycles. The molecule has 0 unspecified atom stereocenters. The van der Waals surface area contributed by atoms with Crippen molar-refractivity contribution in [2.75, 3.05) is 0 Å². The van der Waals surface area contributed by atoms with Crippen LogP contribution in [-0.2, 0) is 22.4 Å². The van der Waals surface area contributed by atoms with Crippen molar-refractivity contribution in [1.29, 1.82) is 0 Å². The Kier molecular flexibility index (Phi) is 4.17. The molecular weight excluding hydrogens is 293 g/mol. The van der Waals surface area contributed by atoms with Crippen LogP contribution in [0.5, 0.6) is 0 Å². The summed E-state index contributed by atoms with van der Waals surface area (Å²) in [6.45, 7) is 0. The second kappa shape index (κ2) is 4.40. The molecule has 0 aliphatic carbocycles. The van der Waals surface area contributed by atoms with Crippen LogP contribution < -0.4 is 0 Å². The van der Waals surface area contributed by atoms with Gasteiger partial charge in [0.05, 0.1) is 0 Å². The largest absolute Gasteiger partial charge is 1.00 e. The van der Waals surface area contributed by atoms with Gasteiger partial charge < -0.3 is 6.42 Å². The van der Waals surface area contributed by atoms with Gasteiger partial charge in [-0.15, -0.1) is 17.7 Å². The number of hydrogen-bond acceptors (Lipinski definition) is 0. The average Bonchev–Trinajstić information content (AvgIpc) is 1.90. The van der Waals surface area contributed by atoms with Crippen molar-refractivity contribution >= 4 is 0 Å².